The highest BCUT2D eigenvalue weighted by atomic mass is 14.9. The average molecular weight is 252 g/mol. The maximum atomic E-state index is 3.73. The predicted octanol–water partition coefficient (Wildman–Crippen LogP) is 3.61. The third-order valence-corrected chi connectivity index (χ3v) is 4.68. The molecule has 2 fully saturated rings. The molecule has 0 spiro atoms. The van der Waals surface area contributed by atoms with Gasteiger partial charge in [-0.1, -0.05) is 38.5 Å². The lowest BCUT2D eigenvalue weighted by Gasteiger charge is -2.24. The van der Waals surface area contributed by atoms with Gasteiger partial charge in [-0.3, -0.25) is 0 Å². The Hall–Kier alpha value is -0.0800. The molecule has 0 aromatic rings. The quantitative estimate of drug-likeness (QED) is 0.676. The Bertz CT molecular complexity index is 171. The van der Waals surface area contributed by atoms with Crippen molar-refractivity contribution in [2.45, 2.75) is 89.1 Å². The topological polar surface area (TPSA) is 24.1 Å². The number of rotatable bonds is 7. The summed E-state index contributed by atoms with van der Waals surface area (Å²) in [6, 6.07) is 1.68. The van der Waals surface area contributed by atoms with Crippen LogP contribution in [0.4, 0.5) is 0 Å². The van der Waals surface area contributed by atoms with Crippen molar-refractivity contribution in [1.29, 1.82) is 0 Å². The van der Waals surface area contributed by atoms with E-state index in [9.17, 15) is 0 Å². The van der Waals surface area contributed by atoms with Gasteiger partial charge in [0.1, 0.15) is 0 Å². The van der Waals surface area contributed by atoms with Crippen LogP contribution in [0.1, 0.15) is 77.0 Å². The fourth-order valence-corrected chi connectivity index (χ4v) is 3.48. The summed E-state index contributed by atoms with van der Waals surface area (Å²) in [5.74, 6) is 0. The van der Waals surface area contributed by atoms with Gasteiger partial charge < -0.3 is 10.6 Å². The molecule has 0 radical (unpaired) electrons. The summed E-state index contributed by atoms with van der Waals surface area (Å²) in [4.78, 5) is 0. The molecular weight excluding hydrogens is 220 g/mol. The van der Waals surface area contributed by atoms with Crippen molar-refractivity contribution < 1.29 is 0 Å². The molecule has 0 atom stereocenters. The van der Waals surface area contributed by atoms with Gasteiger partial charge in [0.2, 0.25) is 0 Å². The molecule has 106 valence electrons. The van der Waals surface area contributed by atoms with E-state index in [2.05, 4.69) is 10.6 Å². The summed E-state index contributed by atoms with van der Waals surface area (Å²) >= 11 is 0. The Labute approximate surface area is 113 Å². The summed E-state index contributed by atoms with van der Waals surface area (Å²) in [5.41, 5.74) is 0. The minimum absolute atomic E-state index is 0.838. The van der Waals surface area contributed by atoms with Gasteiger partial charge in [0, 0.05) is 12.1 Å². The monoisotopic (exact) mass is 252 g/mol. The Morgan fingerprint density at radius 1 is 0.556 bits per heavy atom. The van der Waals surface area contributed by atoms with E-state index in [0.717, 1.165) is 12.1 Å². The molecule has 0 amide bonds. The van der Waals surface area contributed by atoms with Crippen LogP contribution in [0, 0.1) is 0 Å². The van der Waals surface area contributed by atoms with Crippen molar-refractivity contribution in [3.8, 4) is 0 Å². The minimum Gasteiger partial charge on any atom is -0.314 e. The molecule has 2 aliphatic rings. The summed E-state index contributed by atoms with van der Waals surface area (Å²) < 4.78 is 0. The molecule has 0 unspecified atom stereocenters. The lowest BCUT2D eigenvalue weighted by molar-refractivity contribution is 0.358. The molecule has 18 heavy (non-hydrogen) atoms. The Balaban J connectivity index is 1.39. The molecule has 2 rings (SSSR count). The van der Waals surface area contributed by atoms with E-state index >= 15 is 0 Å². The van der Waals surface area contributed by atoms with Crippen LogP contribution in [0.5, 0.6) is 0 Å². The van der Waals surface area contributed by atoms with E-state index in [4.69, 9.17) is 0 Å². The molecule has 0 bridgehead atoms. The standard InChI is InChI=1S/C16H32N2/c1-3-9-15(10-4-1)17-13-7-8-14-18-16-11-5-2-6-12-16/h15-18H,1-14H2. The molecule has 2 N–H and O–H groups in total. The highest BCUT2D eigenvalue weighted by Gasteiger charge is 2.13. The lowest BCUT2D eigenvalue weighted by Crippen LogP contribution is -2.33. The zero-order valence-corrected chi connectivity index (χ0v) is 12.1. The largest absolute Gasteiger partial charge is 0.314 e. The molecule has 2 heteroatoms. The second-order valence-corrected chi connectivity index (χ2v) is 6.29. The van der Waals surface area contributed by atoms with Crippen molar-refractivity contribution in [2.24, 2.45) is 0 Å². The first-order valence-corrected chi connectivity index (χ1v) is 8.42. The van der Waals surface area contributed by atoms with Crippen LogP contribution < -0.4 is 10.6 Å². The van der Waals surface area contributed by atoms with Gasteiger partial charge in [-0.15, -0.1) is 0 Å². The van der Waals surface area contributed by atoms with Gasteiger partial charge in [-0.25, -0.2) is 0 Å². The van der Waals surface area contributed by atoms with E-state index in [0.29, 0.717) is 0 Å². The molecule has 2 aliphatic carbocycles. The van der Waals surface area contributed by atoms with Crippen LogP contribution in [0.3, 0.4) is 0 Å². The Morgan fingerprint density at radius 3 is 1.33 bits per heavy atom. The zero-order valence-electron chi connectivity index (χ0n) is 12.1. The van der Waals surface area contributed by atoms with Gasteiger partial charge in [-0.05, 0) is 51.6 Å². The third-order valence-electron chi connectivity index (χ3n) is 4.68. The second kappa shape index (κ2) is 8.92. The van der Waals surface area contributed by atoms with Gasteiger partial charge in [0.25, 0.3) is 0 Å². The van der Waals surface area contributed by atoms with Gasteiger partial charge in [0.05, 0.1) is 0 Å². The minimum atomic E-state index is 0.838. The van der Waals surface area contributed by atoms with Crippen molar-refractivity contribution in [2.75, 3.05) is 13.1 Å². The van der Waals surface area contributed by atoms with Crippen molar-refractivity contribution in [3.63, 3.8) is 0 Å². The van der Waals surface area contributed by atoms with E-state index in [1.807, 2.05) is 0 Å². The first kappa shape index (κ1) is 14.3. The fraction of sp³-hybridized carbons (Fsp3) is 1.00. The predicted molar refractivity (Wildman–Crippen MR) is 79.0 cm³/mol. The first-order valence-electron chi connectivity index (χ1n) is 8.42. The molecule has 0 aromatic heterocycles. The van der Waals surface area contributed by atoms with Crippen molar-refractivity contribution in [3.05, 3.63) is 0 Å². The molecule has 0 saturated heterocycles. The molecular formula is C16H32N2. The van der Waals surface area contributed by atoms with Crippen molar-refractivity contribution in [1.82, 2.24) is 10.6 Å². The highest BCUT2D eigenvalue weighted by Crippen LogP contribution is 2.18. The van der Waals surface area contributed by atoms with Crippen LogP contribution in [0.15, 0.2) is 0 Å². The maximum Gasteiger partial charge on any atom is 0.00670 e. The van der Waals surface area contributed by atoms with Crippen LogP contribution in [0.2, 0.25) is 0 Å². The van der Waals surface area contributed by atoms with Crippen molar-refractivity contribution >= 4 is 0 Å². The molecule has 0 aromatic carbocycles. The van der Waals surface area contributed by atoms with E-state index in [1.165, 1.54) is 90.1 Å². The van der Waals surface area contributed by atoms with E-state index in [-0.39, 0.29) is 0 Å². The summed E-state index contributed by atoms with van der Waals surface area (Å²) in [6.45, 7) is 2.47. The van der Waals surface area contributed by atoms with Crippen LogP contribution in [-0.4, -0.2) is 25.2 Å². The van der Waals surface area contributed by atoms with Gasteiger partial charge in [-0.2, -0.15) is 0 Å². The lowest BCUT2D eigenvalue weighted by atomic mass is 9.95. The Morgan fingerprint density at radius 2 is 0.944 bits per heavy atom. The summed E-state index contributed by atoms with van der Waals surface area (Å²) in [5, 5.41) is 7.46. The fourth-order valence-electron chi connectivity index (χ4n) is 3.48. The van der Waals surface area contributed by atoms with Crippen LogP contribution in [-0.2, 0) is 0 Å². The Kier molecular flexibility index (Phi) is 7.11. The second-order valence-electron chi connectivity index (χ2n) is 6.29. The first-order chi connectivity index (χ1) is 8.95. The number of hydrogen-bond donors (Lipinski definition) is 2. The molecule has 2 saturated carbocycles. The normalized spacial score (nSPS) is 23.3. The highest BCUT2D eigenvalue weighted by molar-refractivity contribution is 4.73. The average Bonchev–Trinajstić information content (AvgIpc) is 2.45. The summed E-state index contributed by atoms with van der Waals surface area (Å²) in [6.07, 6.45) is 17.1. The zero-order chi connectivity index (χ0) is 12.5. The molecule has 2 nitrogen and oxygen atoms in total. The molecule has 0 aliphatic heterocycles. The van der Waals surface area contributed by atoms with E-state index in [1.54, 1.807) is 0 Å². The third kappa shape index (κ3) is 5.71. The van der Waals surface area contributed by atoms with E-state index < -0.39 is 0 Å². The smallest absolute Gasteiger partial charge is 0.00670 e. The van der Waals surface area contributed by atoms with Gasteiger partial charge >= 0.3 is 0 Å². The number of nitrogens with one attached hydrogen (secondary N) is 2. The SMILES string of the molecule is C1CCC(NCCCCNC2CCCCC2)CC1. The number of unbranched alkanes of at least 4 members (excludes halogenated alkanes) is 1. The van der Waals surface area contributed by atoms with Crippen LogP contribution >= 0.6 is 0 Å². The van der Waals surface area contributed by atoms with Crippen LogP contribution in [0.25, 0.3) is 0 Å². The summed E-state index contributed by atoms with van der Waals surface area (Å²) in [7, 11) is 0. The molecule has 0 heterocycles. The maximum absolute atomic E-state index is 3.73. The van der Waals surface area contributed by atoms with Gasteiger partial charge in [0.15, 0.2) is 0 Å². The number of hydrogen-bond acceptors (Lipinski definition) is 2.